The van der Waals surface area contributed by atoms with E-state index < -0.39 is 0 Å². The van der Waals surface area contributed by atoms with E-state index in [-0.39, 0.29) is 6.04 Å². The maximum atomic E-state index is 6.00. The largest absolute Gasteiger partial charge is 0.343 e. The van der Waals surface area contributed by atoms with Crippen LogP contribution in [0, 0.1) is 13.8 Å². The fraction of sp³-hybridized carbons (Fsp3) is 0.353. The van der Waals surface area contributed by atoms with Crippen molar-refractivity contribution in [2.75, 3.05) is 11.9 Å². The summed E-state index contributed by atoms with van der Waals surface area (Å²) in [5.41, 5.74) is 11.7. The van der Waals surface area contributed by atoms with Crippen LogP contribution < -0.4 is 10.6 Å². The Morgan fingerprint density at radius 2 is 1.75 bits per heavy atom. The molecule has 0 spiro atoms. The van der Waals surface area contributed by atoms with Gasteiger partial charge in [0.25, 0.3) is 0 Å². The van der Waals surface area contributed by atoms with Crippen molar-refractivity contribution in [2.45, 2.75) is 33.2 Å². The first-order chi connectivity index (χ1) is 9.51. The molecule has 1 heterocycles. The van der Waals surface area contributed by atoms with Crippen molar-refractivity contribution >= 4 is 11.4 Å². The molecule has 3 nitrogen and oxygen atoms in total. The molecule has 2 rings (SSSR count). The molecule has 20 heavy (non-hydrogen) atoms. The number of aromatic nitrogens is 1. The van der Waals surface area contributed by atoms with Crippen LogP contribution in [0.3, 0.4) is 0 Å². The predicted molar refractivity (Wildman–Crippen MR) is 85.4 cm³/mol. The minimum atomic E-state index is 0.0237. The van der Waals surface area contributed by atoms with Gasteiger partial charge < -0.3 is 10.6 Å². The highest BCUT2D eigenvalue weighted by atomic mass is 15.1. The summed E-state index contributed by atoms with van der Waals surface area (Å²) in [5, 5.41) is 0. The molecule has 0 unspecified atom stereocenters. The number of pyridine rings is 1. The average molecular weight is 269 g/mol. The Morgan fingerprint density at radius 1 is 1.10 bits per heavy atom. The SMILES string of the molecule is CC[C@@H](N)c1ccc(N(C)c2cc(C)cc(C)c2)cn1. The zero-order chi connectivity index (χ0) is 14.7. The first kappa shape index (κ1) is 14.5. The Morgan fingerprint density at radius 3 is 2.25 bits per heavy atom. The number of benzene rings is 1. The van der Waals surface area contributed by atoms with Gasteiger partial charge in [-0.2, -0.15) is 0 Å². The van der Waals surface area contributed by atoms with E-state index in [1.807, 2.05) is 12.3 Å². The number of hydrogen-bond donors (Lipinski definition) is 1. The smallest absolute Gasteiger partial charge is 0.0594 e. The van der Waals surface area contributed by atoms with E-state index in [1.165, 1.54) is 16.8 Å². The van der Waals surface area contributed by atoms with Crippen LogP contribution in [-0.2, 0) is 0 Å². The van der Waals surface area contributed by atoms with Gasteiger partial charge in [0.05, 0.1) is 17.6 Å². The van der Waals surface area contributed by atoms with Crippen LogP contribution >= 0.6 is 0 Å². The molecule has 0 aliphatic rings. The molecule has 1 atom stereocenters. The van der Waals surface area contributed by atoms with E-state index in [0.29, 0.717) is 0 Å². The van der Waals surface area contributed by atoms with Crippen LogP contribution in [0.25, 0.3) is 0 Å². The van der Waals surface area contributed by atoms with Crippen molar-refractivity contribution in [2.24, 2.45) is 5.73 Å². The summed E-state index contributed by atoms with van der Waals surface area (Å²) in [6.07, 6.45) is 2.79. The van der Waals surface area contributed by atoms with E-state index in [0.717, 1.165) is 17.8 Å². The molecule has 2 N–H and O–H groups in total. The Labute approximate surface area is 121 Å². The lowest BCUT2D eigenvalue weighted by Gasteiger charge is -2.21. The molecule has 1 aromatic heterocycles. The Balaban J connectivity index is 2.26. The summed E-state index contributed by atoms with van der Waals surface area (Å²) in [4.78, 5) is 6.62. The minimum absolute atomic E-state index is 0.0237. The monoisotopic (exact) mass is 269 g/mol. The maximum Gasteiger partial charge on any atom is 0.0594 e. The molecule has 0 saturated carbocycles. The van der Waals surface area contributed by atoms with E-state index in [1.54, 1.807) is 0 Å². The van der Waals surface area contributed by atoms with Crippen LogP contribution in [0.1, 0.15) is 36.2 Å². The van der Waals surface area contributed by atoms with E-state index in [2.05, 4.69) is 62.0 Å². The van der Waals surface area contributed by atoms with E-state index in [4.69, 9.17) is 5.73 Å². The van der Waals surface area contributed by atoms with Gasteiger partial charge in [0.1, 0.15) is 0 Å². The third-order valence-electron chi connectivity index (χ3n) is 3.57. The van der Waals surface area contributed by atoms with E-state index >= 15 is 0 Å². The number of nitrogens with zero attached hydrogens (tertiary/aromatic N) is 2. The van der Waals surface area contributed by atoms with Gasteiger partial charge in [0.2, 0.25) is 0 Å². The maximum absolute atomic E-state index is 6.00. The average Bonchev–Trinajstić information content (AvgIpc) is 2.45. The summed E-state index contributed by atoms with van der Waals surface area (Å²) < 4.78 is 0. The van der Waals surface area contributed by atoms with Gasteiger partial charge in [0.15, 0.2) is 0 Å². The molecule has 0 fully saturated rings. The summed E-state index contributed by atoms with van der Waals surface area (Å²) in [6, 6.07) is 10.7. The van der Waals surface area contributed by atoms with Crippen LogP contribution in [0.4, 0.5) is 11.4 Å². The zero-order valence-electron chi connectivity index (χ0n) is 12.7. The second kappa shape index (κ2) is 6.06. The summed E-state index contributed by atoms with van der Waals surface area (Å²) in [5.74, 6) is 0. The van der Waals surface area contributed by atoms with Crippen molar-refractivity contribution in [3.63, 3.8) is 0 Å². The molecular weight excluding hydrogens is 246 g/mol. The molecule has 2 aromatic rings. The lowest BCUT2D eigenvalue weighted by molar-refractivity contribution is 0.675. The van der Waals surface area contributed by atoms with Crippen molar-refractivity contribution in [3.8, 4) is 0 Å². The van der Waals surface area contributed by atoms with Crippen LogP contribution in [-0.4, -0.2) is 12.0 Å². The molecule has 0 aliphatic carbocycles. The number of nitrogens with two attached hydrogens (primary N) is 1. The Hall–Kier alpha value is -1.87. The first-order valence-corrected chi connectivity index (χ1v) is 7.05. The van der Waals surface area contributed by atoms with Crippen molar-refractivity contribution in [3.05, 3.63) is 53.3 Å². The number of anilines is 2. The van der Waals surface area contributed by atoms with Gasteiger partial charge in [-0.05, 0) is 55.7 Å². The summed E-state index contributed by atoms with van der Waals surface area (Å²) in [7, 11) is 2.06. The Bertz CT molecular complexity index is 555. The molecule has 3 heteroatoms. The molecule has 0 radical (unpaired) electrons. The molecule has 0 aliphatic heterocycles. The molecule has 106 valence electrons. The van der Waals surface area contributed by atoms with Crippen LogP contribution in [0.5, 0.6) is 0 Å². The van der Waals surface area contributed by atoms with Gasteiger partial charge in [-0.3, -0.25) is 4.98 Å². The van der Waals surface area contributed by atoms with Gasteiger partial charge in [-0.1, -0.05) is 13.0 Å². The summed E-state index contributed by atoms with van der Waals surface area (Å²) in [6.45, 7) is 6.31. The van der Waals surface area contributed by atoms with Crippen LogP contribution in [0.2, 0.25) is 0 Å². The zero-order valence-corrected chi connectivity index (χ0v) is 12.7. The van der Waals surface area contributed by atoms with Gasteiger partial charge in [-0.25, -0.2) is 0 Å². The topological polar surface area (TPSA) is 42.1 Å². The number of aryl methyl sites for hydroxylation is 2. The second-order valence-corrected chi connectivity index (χ2v) is 5.36. The fourth-order valence-corrected chi connectivity index (χ4v) is 2.32. The highest BCUT2D eigenvalue weighted by Crippen LogP contribution is 2.25. The second-order valence-electron chi connectivity index (χ2n) is 5.36. The predicted octanol–water partition coefficient (Wildman–Crippen LogP) is 3.88. The normalized spacial score (nSPS) is 12.2. The van der Waals surface area contributed by atoms with E-state index in [9.17, 15) is 0 Å². The van der Waals surface area contributed by atoms with Gasteiger partial charge in [0, 0.05) is 18.8 Å². The molecule has 0 saturated heterocycles. The molecule has 1 aromatic carbocycles. The van der Waals surface area contributed by atoms with Crippen molar-refractivity contribution in [1.82, 2.24) is 4.98 Å². The summed E-state index contributed by atoms with van der Waals surface area (Å²) >= 11 is 0. The minimum Gasteiger partial charge on any atom is -0.343 e. The molecular formula is C17H23N3. The standard InChI is InChI=1S/C17H23N3/c1-5-16(18)17-7-6-14(11-19-17)20(4)15-9-12(2)8-13(3)10-15/h6-11,16H,5,18H2,1-4H3/t16-/m1/s1. The highest BCUT2D eigenvalue weighted by Gasteiger charge is 2.08. The highest BCUT2D eigenvalue weighted by molar-refractivity contribution is 5.63. The molecule has 0 bridgehead atoms. The van der Waals surface area contributed by atoms with Gasteiger partial charge >= 0.3 is 0 Å². The lowest BCUT2D eigenvalue weighted by Crippen LogP contribution is -2.13. The number of rotatable bonds is 4. The Kier molecular flexibility index (Phi) is 4.40. The lowest BCUT2D eigenvalue weighted by atomic mass is 10.1. The third-order valence-corrected chi connectivity index (χ3v) is 3.57. The van der Waals surface area contributed by atoms with Crippen LogP contribution in [0.15, 0.2) is 36.5 Å². The quantitative estimate of drug-likeness (QED) is 0.916. The van der Waals surface area contributed by atoms with Gasteiger partial charge in [-0.15, -0.1) is 0 Å². The third kappa shape index (κ3) is 3.17. The first-order valence-electron chi connectivity index (χ1n) is 7.05. The fourth-order valence-electron chi connectivity index (χ4n) is 2.32. The van der Waals surface area contributed by atoms with Crippen molar-refractivity contribution < 1.29 is 0 Å². The number of hydrogen-bond acceptors (Lipinski definition) is 3. The molecule has 0 amide bonds. The van der Waals surface area contributed by atoms with Crippen molar-refractivity contribution in [1.29, 1.82) is 0 Å².